The zero-order chi connectivity index (χ0) is 25.5. The van der Waals surface area contributed by atoms with E-state index in [-0.39, 0.29) is 57.8 Å². The molecule has 0 fully saturated rings. The Hall–Kier alpha value is -3.67. The minimum atomic E-state index is -0.517. The van der Waals surface area contributed by atoms with Crippen LogP contribution < -0.4 is 10.9 Å². The van der Waals surface area contributed by atoms with Crippen molar-refractivity contribution in [2.45, 2.75) is 18.5 Å². The molecule has 0 aliphatic rings. The molecule has 0 aliphatic heterocycles. The lowest BCUT2D eigenvalue weighted by Crippen LogP contribution is -2.17. The maximum absolute atomic E-state index is 12.6. The first kappa shape index (κ1) is 27.9. The summed E-state index contributed by atoms with van der Waals surface area (Å²) in [7, 11) is 0. The summed E-state index contributed by atoms with van der Waals surface area (Å²) in [5, 5.41) is 13.3. The minimum absolute atomic E-state index is 0. The fourth-order valence-corrected chi connectivity index (χ4v) is 4.84. The molecule has 3 N–H and O–H groups in total. The first-order valence-corrected chi connectivity index (χ1v) is 12.8. The molecule has 192 valence electrons. The summed E-state index contributed by atoms with van der Waals surface area (Å²) in [4.78, 5) is 48.8. The molecule has 0 spiro atoms. The Bertz CT molecular complexity index is 1430. The molecule has 0 atom stereocenters. The molecule has 2 heterocycles. The van der Waals surface area contributed by atoms with E-state index in [0.717, 1.165) is 34.2 Å². The number of aromatic amines is 1. The third-order valence-electron chi connectivity index (χ3n) is 4.92. The molecule has 0 bridgehead atoms. The number of nitrogens with one attached hydrogen (secondary N) is 2. The fraction of sp³-hybridized carbons (Fsp3) is 0.160. The third kappa shape index (κ3) is 7.19. The van der Waals surface area contributed by atoms with E-state index in [1.54, 1.807) is 6.92 Å². The number of nitrogens with zero attached hydrogens (tertiary/aromatic N) is 2. The van der Waals surface area contributed by atoms with Crippen molar-refractivity contribution in [1.82, 2.24) is 15.0 Å². The second-order valence-electron chi connectivity index (χ2n) is 7.46. The number of amides is 1. The lowest BCUT2D eigenvalue weighted by Gasteiger charge is -2.06. The molecule has 12 heteroatoms. The molecule has 9 nitrogen and oxygen atoms in total. The Morgan fingerprint density at radius 3 is 2.41 bits per heavy atom. The van der Waals surface area contributed by atoms with Crippen LogP contribution in [0.1, 0.15) is 27.7 Å². The molecule has 2 aromatic heterocycles. The largest absolute Gasteiger partial charge is 0.493 e. The lowest BCUT2D eigenvalue weighted by molar-refractivity contribution is -0.113. The zero-order valence-electron chi connectivity index (χ0n) is 19.6. The first-order chi connectivity index (χ1) is 17.4. The van der Waals surface area contributed by atoms with Gasteiger partial charge in [0.1, 0.15) is 4.88 Å². The van der Waals surface area contributed by atoms with Gasteiger partial charge in [0.05, 0.1) is 23.6 Å². The van der Waals surface area contributed by atoms with Crippen LogP contribution in [0.15, 0.2) is 70.6 Å². The second kappa shape index (κ2) is 13.0. The van der Waals surface area contributed by atoms with Crippen molar-refractivity contribution < 1.29 is 19.4 Å². The molecule has 0 saturated carbocycles. The second-order valence-corrected chi connectivity index (χ2v) is 9.42. The predicted octanol–water partition coefficient (Wildman–Crippen LogP) is 4.52. The molecule has 0 radical (unpaired) electrons. The van der Waals surface area contributed by atoms with Crippen LogP contribution in [0.2, 0.25) is 0 Å². The van der Waals surface area contributed by atoms with Crippen LogP contribution >= 0.6 is 35.5 Å². The highest BCUT2D eigenvalue weighted by Crippen LogP contribution is 2.32. The number of benzene rings is 2. The van der Waals surface area contributed by atoms with Crippen molar-refractivity contribution in [3.8, 4) is 17.1 Å². The Morgan fingerprint density at radius 2 is 1.76 bits per heavy atom. The molecule has 4 aromatic rings. The van der Waals surface area contributed by atoms with Crippen molar-refractivity contribution >= 4 is 52.5 Å². The summed E-state index contributed by atoms with van der Waals surface area (Å²) in [5.41, 5.74) is 1.69. The number of rotatable bonds is 9. The fourth-order valence-electron chi connectivity index (χ4n) is 3.28. The number of carbonyl (C=O) groups excluding carboxylic acids is 2. The number of carbonyl (C=O) groups is 2. The maximum atomic E-state index is 12.6. The van der Waals surface area contributed by atoms with Crippen LogP contribution in [0, 0.1) is 0 Å². The van der Waals surface area contributed by atoms with E-state index in [9.17, 15) is 19.5 Å². The van der Waals surface area contributed by atoms with Crippen molar-refractivity contribution in [2.75, 3.05) is 17.7 Å². The van der Waals surface area contributed by atoms with E-state index in [1.807, 2.05) is 60.7 Å². The number of H-pyrrole nitrogens is 1. The standard InChI is InChI=1S/C25H22N4O5S2.ClH/c1-2-34-23(33)20-19(16-11-7-4-8-12-16)27-25(36-20)26-18(30)14-35-24-28-21(31)17(22(32)29-24)13-15-9-5-3-6-10-15;/h3-12H,2,13-14H2,1H3,(H,26,27,30)(H2,28,29,31,32);1H. The van der Waals surface area contributed by atoms with Gasteiger partial charge in [-0.3, -0.25) is 9.59 Å². The number of aromatic hydroxyl groups is 1. The van der Waals surface area contributed by atoms with Gasteiger partial charge in [0.25, 0.3) is 5.56 Å². The van der Waals surface area contributed by atoms with Gasteiger partial charge in [-0.1, -0.05) is 83.8 Å². The van der Waals surface area contributed by atoms with Crippen molar-refractivity contribution in [3.63, 3.8) is 0 Å². The van der Waals surface area contributed by atoms with Gasteiger partial charge in [-0.2, -0.15) is 4.98 Å². The average molecular weight is 559 g/mol. The number of esters is 1. The van der Waals surface area contributed by atoms with Crippen molar-refractivity contribution in [2.24, 2.45) is 0 Å². The van der Waals surface area contributed by atoms with E-state index in [0.29, 0.717) is 5.69 Å². The first-order valence-electron chi connectivity index (χ1n) is 11.0. The summed E-state index contributed by atoms with van der Waals surface area (Å²) in [6.07, 6.45) is 0.233. The molecular formula is C25H23ClN4O5S2. The summed E-state index contributed by atoms with van der Waals surface area (Å²) < 4.78 is 5.13. The van der Waals surface area contributed by atoms with E-state index >= 15 is 0 Å². The van der Waals surface area contributed by atoms with Gasteiger partial charge < -0.3 is 20.1 Å². The van der Waals surface area contributed by atoms with Crippen LogP contribution in [0.4, 0.5) is 5.13 Å². The summed E-state index contributed by atoms with van der Waals surface area (Å²) in [6, 6.07) is 18.4. The highest BCUT2D eigenvalue weighted by molar-refractivity contribution is 7.99. The number of thioether (sulfide) groups is 1. The van der Waals surface area contributed by atoms with E-state index in [4.69, 9.17) is 4.74 Å². The molecular weight excluding hydrogens is 536 g/mol. The Labute approximate surface area is 226 Å². The van der Waals surface area contributed by atoms with Crippen LogP contribution in [0.3, 0.4) is 0 Å². The monoisotopic (exact) mass is 558 g/mol. The summed E-state index contributed by atoms with van der Waals surface area (Å²) in [6.45, 7) is 1.93. The van der Waals surface area contributed by atoms with Gasteiger partial charge in [0.15, 0.2) is 10.3 Å². The number of hydrogen-bond acceptors (Lipinski definition) is 9. The van der Waals surface area contributed by atoms with Gasteiger partial charge in [0, 0.05) is 12.0 Å². The quantitative estimate of drug-likeness (QED) is 0.155. The molecule has 1 amide bonds. The molecule has 0 saturated heterocycles. The predicted molar refractivity (Wildman–Crippen MR) is 146 cm³/mol. The summed E-state index contributed by atoms with van der Waals surface area (Å²) >= 11 is 1.98. The minimum Gasteiger partial charge on any atom is -0.493 e. The number of halogens is 1. The molecule has 37 heavy (non-hydrogen) atoms. The Morgan fingerprint density at radius 1 is 1.08 bits per heavy atom. The van der Waals surface area contributed by atoms with Crippen LogP contribution in [-0.2, 0) is 16.0 Å². The lowest BCUT2D eigenvalue weighted by atomic mass is 10.1. The molecule has 0 aliphatic carbocycles. The number of ether oxygens (including phenoxy) is 1. The molecule has 4 rings (SSSR count). The molecule has 2 aromatic carbocycles. The smallest absolute Gasteiger partial charge is 0.350 e. The van der Waals surface area contributed by atoms with Crippen molar-refractivity contribution in [3.05, 3.63) is 87.0 Å². The van der Waals surface area contributed by atoms with Gasteiger partial charge in [0.2, 0.25) is 11.8 Å². The third-order valence-corrected chi connectivity index (χ3v) is 6.74. The normalized spacial score (nSPS) is 10.4. The van der Waals surface area contributed by atoms with E-state index in [1.165, 1.54) is 0 Å². The van der Waals surface area contributed by atoms with Gasteiger partial charge in [-0.05, 0) is 12.5 Å². The van der Waals surface area contributed by atoms with E-state index in [2.05, 4.69) is 20.3 Å². The van der Waals surface area contributed by atoms with Crippen LogP contribution in [0.25, 0.3) is 11.3 Å². The van der Waals surface area contributed by atoms with Crippen LogP contribution in [0.5, 0.6) is 5.88 Å². The zero-order valence-corrected chi connectivity index (χ0v) is 22.0. The van der Waals surface area contributed by atoms with Gasteiger partial charge in [-0.15, -0.1) is 12.4 Å². The van der Waals surface area contributed by atoms with Gasteiger partial charge in [-0.25, -0.2) is 9.78 Å². The van der Waals surface area contributed by atoms with E-state index < -0.39 is 17.4 Å². The number of anilines is 1. The molecule has 0 unspecified atom stereocenters. The van der Waals surface area contributed by atoms with Gasteiger partial charge >= 0.3 is 5.97 Å². The Kier molecular flexibility index (Phi) is 9.84. The SMILES string of the molecule is CCOC(=O)c1sc(NC(=O)CSc2nc(O)c(Cc3ccccc3)c(=O)[nH]2)nc1-c1ccccc1.Cl. The maximum Gasteiger partial charge on any atom is 0.350 e. The number of hydrogen-bond donors (Lipinski definition) is 3. The number of aromatic nitrogens is 3. The highest BCUT2D eigenvalue weighted by Gasteiger charge is 2.22. The van der Waals surface area contributed by atoms with Crippen molar-refractivity contribution in [1.29, 1.82) is 0 Å². The topological polar surface area (TPSA) is 134 Å². The Balaban J connectivity index is 0.00000380. The van der Waals surface area contributed by atoms with Crippen LogP contribution in [-0.4, -0.2) is 44.3 Å². The average Bonchev–Trinajstić information content (AvgIpc) is 3.30. The summed E-state index contributed by atoms with van der Waals surface area (Å²) in [5.74, 6) is -1.41. The highest BCUT2D eigenvalue weighted by atomic mass is 35.5. The number of thiazole rings is 1.